The molecule has 0 radical (unpaired) electrons. The summed E-state index contributed by atoms with van der Waals surface area (Å²) in [6.45, 7) is 2.55. The highest BCUT2D eigenvalue weighted by Gasteiger charge is 2.45. The highest BCUT2D eigenvalue weighted by molar-refractivity contribution is 7.89. The van der Waals surface area contributed by atoms with E-state index in [2.05, 4.69) is 15.2 Å². The molecule has 1 amide bonds. The van der Waals surface area contributed by atoms with E-state index >= 15 is 0 Å². The van der Waals surface area contributed by atoms with Gasteiger partial charge in [0.1, 0.15) is 17.1 Å². The van der Waals surface area contributed by atoms with Gasteiger partial charge in [0, 0.05) is 50.0 Å². The lowest BCUT2D eigenvalue weighted by atomic mass is 9.87. The van der Waals surface area contributed by atoms with Crippen LogP contribution in [0.25, 0.3) is 0 Å². The topological polar surface area (TPSA) is 123 Å². The van der Waals surface area contributed by atoms with Crippen LogP contribution >= 0.6 is 34.8 Å². The summed E-state index contributed by atoms with van der Waals surface area (Å²) in [6.07, 6.45) is -2.58. The number of hydrogen-bond acceptors (Lipinski definition) is 7. The van der Waals surface area contributed by atoms with Crippen molar-refractivity contribution in [1.29, 1.82) is 0 Å². The molecule has 2 aliphatic heterocycles. The van der Waals surface area contributed by atoms with E-state index in [1.54, 1.807) is 12.1 Å². The van der Waals surface area contributed by atoms with Crippen molar-refractivity contribution in [3.8, 4) is 5.75 Å². The van der Waals surface area contributed by atoms with Crippen molar-refractivity contribution in [3.63, 3.8) is 0 Å². The van der Waals surface area contributed by atoms with Crippen LogP contribution in [-0.2, 0) is 32.5 Å². The summed E-state index contributed by atoms with van der Waals surface area (Å²) >= 11 is 17.6. The van der Waals surface area contributed by atoms with E-state index in [4.69, 9.17) is 45.4 Å². The second-order valence-electron chi connectivity index (χ2n) is 11.5. The molecule has 3 aromatic rings. The van der Waals surface area contributed by atoms with Crippen molar-refractivity contribution < 1.29 is 36.0 Å². The second-order valence-corrected chi connectivity index (χ2v) is 14.7. The molecule has 2 aliphatic rings. The van der Waals surface area contributed by atoms with Crippen LogP contribution in [0, 0.1) is 0 Å². The summed E-state index contributed by atoms with van der Waals surface area (Å²) in [5, 5.41) is 8.39. The molecule has 1 unspecified atom stereocenters. The van der Waals surface area contributed by atoms with Crippen LogP contribution in [0.5, 0.6) is 5.75 Å². The Morgan fingerprint density at radius 2 is 1.65 bits per heavy atom. The van der Waals surface area contributed by atoms with Crippen LogP contribution in [-0.4, -0.2) is 62.0 Å². The number of piperidine rings is 1. The van der Waals surface area contributed by atoms with E-state index in [1.807, 2.05) is 37.3 Å². The number of hydrogen-bond donors (Lipinski definition) is 2. The monoisotopic (exact) mass is 748 g/mol. The van der Waals surface area contributed by atoms with Gasteiger partial charge >= 0.3 is 6.36 Å². The Balaban J connectivity index is 0.000000401. The zero-order chi connectivity index (χ0) is 35.1. The van der Waals surface area contributed by atoms with Crippen LogP contribution in [0.1, 0.15) is 37.3 Å². The molecule has 3 N–H and O–H groups in total. The average Bonchev–Trinajstić information content (AvgIpc) is 3.43. The van der Waals surface area contributed by atoms with Gasteiger partial charge in [-0.25, -0.2) is 8.42 Å². The van der Waals surface area contributed by atoms with Crippen LogP contribution in [0.3, 0.4) is 0 Å². The van der Waals surface area contributed by atoms with E-state index < -0.39 is 27.7 Å². The fourth-order valence-corrected chi connectivity index (χ4v) is 7.01. The first-order valence-corrected chi connectivity index (χ1v) is 17.5. The van der Waals surface area contributed by atoms with Crippen molar-refractivity contribution in [2.75, 3.05) is 19.6 Å². The minimum atomic E-state index is -4.87. The third-order valence-corrected chi connectivity index (χ3v) is 10.5. The molecule has 0 saturated carbocycles. The van der Waals surface area contributed by atoms with Crippen LogP contribution in [0.2, 0.25) is 15.1 Å². The summed E-state index contributed by atoms with van der Waals surface area (Å²) in [5.41, 5.74) is 7.22. The molecule has 1 spiro atoms. The van der Waals surface area contributed by atoms with Gasteiger partial charge in [-0.3, -0.25) is 4.79 Å². The molecular weight excluding hydrogens is 716 g/mol. The van der Waals surface area contributed by atoms with Gasteiger partial charge in [0.25, 0.3) is 5.91 Å². The molecular formula is C32H34Cl3F3N4O5S. The van der Waals surface area contributed by atoms with Crippen molar-refractivity contribution in [3.05, 3.63) is 92.9 Å². The first-order chi connectivity index (χ1) is 22.5. The molecule has 260 valence electrons. The molecule has 1 fully saturated rings. The smallest absolute Gasteiger partial charge is 0.406 e. The Labute approximate surface area is 292 Å². The molecule has 1 atom stereocenters. The molecule has 16 heteroatoms. The van der Waals surface area contributed by atoms with Gasteiger partial charge in [-0.15, -0.1) is 13.2 Å². The number of nitrogens with zero attached hydrogens (tertiary/aromatic N) is 2. The highest BCUT2D eigenvalue weighted by Crippen LogP contribution is 2.36. The fraction of sp³-hybridized carbons (Fsp3) is 0.375. The fourth-order valence-electron chi connectivity index (χ4n) is 5.12. The summed E-state index contributed by atoms with van der Waals surface area (Å²) < 4.78 is 67.9. The Kier molecular flexibility index (Phi) is 12.7. The number of ether oxygens (including phenoxy) is 1. The second kappa shape index (κ2) is 16.1. The van der Waals surface area contributed by atoms with E-state index in [1.165, 1.54) is 9.87 Å². The number of carbonyl (C=O) groups is 1. The molecule has 9 nitrogen and oxygen atoms in total. The molecule has 0 aliphatic carbocycles. The SMILES string of the molecule is CC(N)Cc1ccc(Cl)cc1.O=C(NCCc1ccc(Cl)c(Cl)c1)C1=NOC2(CCN(S(=O)(=O)c3ccc(OC(F)(F)F)cc3)CC2)C1. The average molecular weight is 750 g/mol. The van der Waals surface area contributed by atoms with Gasteiger partial charge in [-0.2, -0.15) is 4.31 Å². The molecule has 3 aromatic carbocycles. The lowest BCUT2D eigenvalue weighted by molar-refractivity contribution is -0.274. The van der Waals surface area contributed by atoms with Crippen molar-refractivity contribution in [1.82, 2.24) is 9.62 Å². The first kappa shape index (κ1) is 37.7. The number of amides is 1. The number of benzene rings is 3. The van der Waals surface area contributed by atoms with E-state index in [-0.39, 0.29) is 42.1 Å². The number of oxime groups is 1. The zero-order valence-electron chi connectivity index (χ0n) is 25.8. The molecule has 0 aromatic heterocycles. The predicted octanol–water partition coefficient (Wildman–Crippen LogP) is 6.78. The van der Waals surface area contributed by atoms with Gasteiger partial charge in [0.05, 0.1) is 14.9 Å². The number of nitrogens with two attached hydrogens (primary N) is 1. The van der Waals surface area contributed by atoms with E-state index in [0.29, 0.717) is 35.9 Å². The summed E-state index contributed by atoms with van der Waals surface area (Å²) in [6, 6.07) is 17.3. The summed E-state index contributed by atoms with van der Waals surface area (Å²) in [7, 11) is -3.94. The van der Waals surface area contributed by atoms with Crippen molar-refractivity contribution >= 4 is 56.4 Å². The van der Waals surface area contributed by atoms with Gasteiger partial charge in [-0.05, 0) is 79.4 Å². The molecule has 5 rings (SSSR count). The van der Waals surface area contributed by atoms with Crippen molar-refractivity contribution in [2.24, 2.45) is 10.9 Å². The number of alkyl halides is 3. The molecule has 1 saturated heterocycles. The van der Waals surface area contributed by atoms with Gasteiger partial charge in [0.15, 0.2) is 0 Å². The maximum Gasteiger partial charge on any atom is 0.573 e. The third-order valence-electron chi connectivity index (χ3n) is 7.58. The Hall–Kier alpha value is -3.07. The standard InChI is InChI=1S/C23H22Cl2F3N3O5S.C9H12ClN/c24-18-6-1-15(13-19(18)25)7-10-29-21(32)20-14-22(36-30-20)8-11-31(12-9-22)37(33,34)17-4-2-16(3-5-17)35-23(26,27)28;1-7(11)6-8-2-4-9(10)5-3-8/h1-6,13H,7-12,14H2,(H,29,32);2-5,7H,6,11H2,1H3. The maximum absolute atomic E-state index is 12.9. The maximum atomic E-state index is 12.9. The lowest BCUT2D eigenvalue weighted by Crippen LogP contribution is -2.47. The Bertz CT molecular complexity index is 1700. The number of rotatable bonds is 9. The van der Waals surface area contributed by atoms with E-state index in [0.717, 1.165) is 41.3 Å². The van der Waals surface area contributed by atoms with Crippen molar-refractivity contribution in [2.45, 2.75) is 61.9 Å². The quantitative estimate of drug-likeness (QED) is 0.249. The number of sulfonamides is 1. The minimum absolute atomic E-state index is 0.102. The summed E-state index contributed by atoms with van der Waals surface area (Å²) in [5.74, 6) is -0.878. The number of carbonyl (C=O) groups excluding carboxylic acids is 1. The highest BCUT2D eigenvalue weighted by atomic mass is 35.5. The molecule has 0 bridgehead atoms. The van der Waals surface area contributed by atoms with E-state index in [9.17, 15) is 26.4 Å². The Morgan fingerprint density at radius 1 is 1.02 bits per heavy atom. The lowest BCUT2D eigenvalue weighted by Gasteiger charge is -2.36. The number of halogens is 6. The van der Waals surface area contributed by atoms with Gasteiger partial charge in [-0.1, -0.05) is 58.2 Å². The van der Waals surface area contributed by atoms with Crippen LogP contribution in [0.15, 0.2) is 76.8 Å². The predicted molar refractivity (Wildman–Crippen MR) is 179 cm³/mol. The minimum Gasteiger partial charge on any atom is -0.406 e. The van der Waals surface area contributed by atoms with Gasteiger partial charge < -0.3 is 20.6 Å². The normalized spacial score (nSPS) is 16.7. The Morgan fingerprint density at radius 3 is 2.23 bits per heavy atom. The number of nitrogens with one attached hydrogen (secondary N) is 1. The van der Waals surface area contributed by atoms with Crippen LogP contribution in [0.4, 0.5) is 13.2 Å². The third kappa shape index (κ3) is 10.7. The first-order valence-electron chi connectivity index (χ1n) is 14.9. The summed E-state index contributed by atoms with van der Waals surface area (Å²) in [4.78, 5) is 18.0. The molecule has 48 heavy (non-hydrogen) atoms. The van der Waals surface area contributed by atoms with Gasteiger partial charge in [0.2, 0.25) is 10.0 Å². The zero-order valence-corrected chi connectivity index (χ0v) is 28.9. The molecule has 2 heterocycles. The van der Waals surface area contributed by atoms with Crippen LogP contribution < -0.4 is 15.8 Å². The largest absolute Gasteiger partial charge is 0.573 e.